The first-order valence-corrected chi connectivity index (χ1v) is 4.72. The standard InChI is InChI=1S/C9H17N5O/c1-9(2,6-15)5-12-7-3-4-11-8(13-7)14-10/h3-4,15H,5-6,10H2,1-2H3,(H2,11,12,13,14). The summed E-state index contributed by atoms with van der Waals surface area (Å²) < 4.78 is 0. The van der Waals surface area contributed by atoms with Crippen LogP contribution >= 0.6 is 0 Å². The van der Waals surface area contributed by atoms with Crippen LogP contribution in [0.1, 0.15) is 13.8 Å². The fourth-order valence-electron chi connectivity index (χ4n) is 0.912. The first-order chi connectivity index (χ1) is 7.07. The number of nitrogens with zero attached hydrogens (tertiary/aromatic N) is 2. The van der Waals surface area contributed by atoms with Crippen molar-refractivity contribution in [2.45, 2.75) is 13.8 Å². The molecule has 1 aromatic heterocycles. The van der Waals surface area contributed by atoms with Crippen molar-refractivity contribution in [3.8, 4) is 0 Å². The fourth-order valence-corrected chi connectivity index (χ4v) is 0.912. The number of aliphatic hydroxyl groups is 1. The second kappa shape index (κ2) is 4.90. The molecule has 5 N–H and O–H groups in total. The summed E-state index contributed by atoms with van der Waals surface area (Å²) in [6, 6.07) is 1.74. The van der Waals surface area contributed by atoms with Crippen molar-refractivity contribution in [2.24, 2.45) is 11.3 Å². The van der Waals surface area contributed by atoms with Crippen LogP contribution in [0.25, 0.3) is 0 Å². The summed E-state index contributed by atoms with van der Waals surface area (Å²) in [5.74, 6) is 6.23. The van der Waals surface area contributed by atoms with Crippen LogP contribution in [-0.2, 0) is 0 Å². The summed E-state index contributed by atoms with van der Waals surface area (Å²) in [7, 11) is 0. The Hall–Kier alpha value is -1.40. The van der Waals surface area contributed by atoms with E-state index in [1.807, 2.05) is 13.8 Å². The Bertz CT molecular complexity index is 315. The molecule has 0 spiro atoms. The van der Waals surface area contributed by atoms with E-state index in [2.05, 4.69) is 20.7 Å². The summed E-state index contributed by atoms with van der Waals surface area (Å²) in [6.45, 7) is 4.67. The zero-order chi connectivity index (χ0) is 11.3. The van der Waals surface area contributed by atoms with Crippen LogP contribution < -0.4 is 16.6 Å². The molecular formula is C9H17N5O. The number of rotatable bonds is 5. The van der Waals surface area contributed by atoms with Gasteiger partial charge in [0.05, 0.1) is 0 Å². The second-order valence-corrected chi connectivity index (χ2v) is 4.09. The Morgan fingerprint density at radius 3 is 2.87 bits per heavy atom. The van der Waals surface area contributed by atoms with E-state index in [1.54, 1.807) is 12.3 Å². The Kier molecular flexibility index (Phi) is 3.81. The van der Waals surface area contributed by atoms with Crippen LogP contribution in [0.15, 0.2) is 12.3 Å². The van der Waals surface area contributed by atoms with E-state index in [0.29, 0.717) is 18.3 Å². The lowest BCUT2D eigenvalue weighted by atomic mass is 9.95. The molecule has 0 aliphatic heterocycles. The molecule has 0 aromatic carbocycles. The highest BCUT2D eigenvalue weighted by Crippen LogP contribution is 2.14. The van der Waals surface area contributed by atoms with Crippen molar-refractivity contribution in [1.29, 1.82) is 0 Å². The predicted molar refractivity (Wildman–Crippen MR) is 59.2 cm³/mol. The van der Waals surface area contributed by atoms with E-state index >= 15 is 0 Å². The van der Waals surface area contributed by atoms with Gasteiger partial charge in [-0.15, -0.1) is 0 Å². The number of aliphatic hydroxyl groups excluding tert-OH is 1. The van der Waals surface area contributed by atoms with Crippen molar-refractivity contribution < 1.29 is 5.11 Å². The van der Waals surface area contributed by atoms with Gasteiger partial charge in [-0.3, -0.25) is 5.43 Å². The maximum Gasteiger partial charge on any atom is 0.239 e. The van der Waals surface area contributed by atoms with Crippen LogP contribution in [0.2, 0.25) is 0 Å². The number of hydrogen-bond acceptors (Lipinski definition) is 6. The van der Waals surface area contributed by atoms with Crippen molar-refractivity contribution >= 4 is 11.8 Å². The number of nitrogen functional groups attached to an aromatic ring is 1. The van der Waals surface area contributed by atoms with E-state index in [0.717, 1.165) is 0 Å². The molecule has 0 amide bonds. The molecule has 0 atom stereocenters. The van der Waals surface area contributed by atoms with E-state index in [4.69, 9.17) is 10.9 Å². The summed E-state index contributed by atoms with van der Waals surface area (Å²) in [4.78, 5) is 7.97. The van der Waals surface area contributed by atoms with Crippen molar-refractivity contribution in [2.75, 3.05) is 23.9 Å². The molecule has 0 bridgehead atoms. The van der Waals surface area contributed by atoms with Gasteiger partial charge in [-0.2, -0.15) is 4.98 Å². The number of aromatic nitrogens is 2. The third-order valence-corrected chi connectivity index (χ3v) is 1.96. The highest BCUT2D eigenvalue weighted by molar-refractivity contribution is 5.38. The number of nitrogens with two attached hydrogens (primary N) is 1. The summed E-state index contributed by atoms with van der Waals surface area (Å²) in [5.41, 5.74) is 2.19. The third-order valence-electron chi connectivity index (χ3n) is 1.96. The summed E-state index contributed by atoms with van der Waals surface area (Å²) in [6.07, 6.45) is 1.61. The predicted octanol–water partition coefficient (Wildman–Crippen LogP) is 0.193. The number of hydrogen-bond donors (Lipinski definition) is 4. The molecular weight excluding hydrogens is 194 g/mol. The number of nitrogens with one attached hydrogen (secondary N) is 2. The zero-order valence-electron chi connectivity index (χ0n) is 8.99. The molecule has 84 valence electrons. The second-order valence-electron chi connectivity index (χ2n) is 4.09. The quantitative estimate of drug-likeness (QED) is 0.410. The van der Waals surface area contributed by atoms with Gasteiger partial charge in [0.25, 0.3) is 0 Å². The molecule has 6 nitrogen and oxygen atoms in total. The normalized spacial score (nSPS) is 11.2. The van der Waals surface area contributed by atoms with Crippen LogP contribution in [0.5, 0.6) is 0 Å². The van der Waals surface area contributed by atoms with Gasteiger partial charge in [0.15, 0.2) is 0 Å². The van der Waals surface area contributed by atoms with E-state index in [9.17, 15) is 0 Å². The Morgan fingerprint density at radius 2 is 2.27 bits per heavy atom. The molecule has 0 aliphatic rings. The zero-order valence-corrected chi connectivity index (χ0v) is 8.99. The van der Waals surface area contributed by atoms with Gasteiger partial charge in [0, 0.05) is 24.8 Å². The lowest BCUT2D eigenvalue weighted by molar-refractivity contribution is 0.170. The molecule has 1 rings (SSSR count). The van der Waals surface area contributed by atoms with Crippen LogP contribution in [-0.4, -0.2) is 28.2 Å². The van der Waals surface area contributed by atoms with Gasteiger partial charge in [0.2, 0.25) is 5.95 Å². The average molecular weight is 211 g/mol. The SMILES string of the molecule is CC(C)(CO)CNc1ccnc(NN)n1. The molecule has 15 heavy (non-hydrogen) atoms. The van der Waals surface area contributed by atoms with Crippen molar-refractivity contribution in [3.05, 3.63) is 12.3 Å². The maximum atomic E-state index is 9.07. The molecule has 0 radical (unpaired) electrons. The summed E-state index contributed by atoms with van der Waals surface area (Å²) >= 11 is 0. The van der Waals surface area contributed by atoms with Crippen molar-refractivity contribution in [3.63, 3.8) is 0 Å². The minimum absolute atomic E-state index is 0.118. The highest BCUT2D eigenvalue weighted by Gasteiger charge is 2.16. The molecule has 0 saturated heterocycles. The third kappa shape index (κ3) is 3.69. The van der Waals surface area contributed by atoms with Gasteiger partial charge >= 0.3 is 0 Å². The number of anilines is 2. The largest absolute Gasteiger partial charge is 0.396 e. The number of hydrazine groups is 1. The van der Waals surface area contributed by atoms with Crippen LogP contribution in [0, 0.1) is 5.41 Å². The van der Waals surface area contributed by atoms with Gasteiger partial charge in [0.1, 0.15) is 5.82 Å². The average Bonchev–Trinajstić information content (AvgIpc) is 2.27. The van der Waals surface area contributed by atoms with Crippen LogP contribution in [0.3, 0.4) is 0 Å². The molecule has 6 heteroatoms. The van der Waals surface area contributed by atoms with E-state index < -0.39 is 0 Å². The van der Waals surface area contributed by atoms with Gasteiger partial charge < -0.3 is 10.4 Å². The van der Waals surface area contributed by atoms with Crippen molar-refractivity contribution in [1.82, 2.24) is 9.97 Å². The highest BCUT2D eigenvalue weighted by atomic mass is 16.3. The smallest absolute Gasteiger partial charge is 0.239 e. The minimum atomic E-state index is -0.179. The molecule has 0 saturated carbocycles. The van der Waals surface area contributed by atoms with Crippen LogP contribution in [0.4, 0.5) is 11.8 Å². The first kappa shape index (κ1) is 11.7. The lowest BCUT2D eigenvalue weighted by Gasteiger charge is -2.22. The monoisotopic (exact) mass is 211 g/mol. The Balaban J connectivity index is 2.57. The maximum absolute atomic E-state index is 9.07. The van der Waals surface area contributed by atoms with Gasteiger partial charge in [-0.05, 0) is 6.07 Å². The molecule has 1 heterocycles. The van der Waals surface area contributed by atoms with E-state index in [1.165, 1.54) is 0 Å². The first-order valence-electron chi connectivity index (χ1n) is 4.72. The molecule has 0 fully saturated rings. The molecule has 0 unspecified atom stereocenters. The van der Waals surface area contributed by atoms with E-state index in [-0.39, 0.29) is 12.0 Å². The fraction of sp³-hybridized carbons (Fsp3) is 0.556. The summed E-state index contributed by atoms with van der Waals surface area (Å²) in [5, 5.41) is 12.2. The molecule has 1 aromatic rings. The van der Waals surface area contributed by atoms with Gasteiger partial charge in [-0.1, -0.05) is 13.8 Å². The van der Waals surface area contributed by atoms with Gasteiger partial charge in [-0.25, -0.2) is 10.8 Å². The Labute approximate surface area is 88.9 Å². The Morgan fingerprint density at radius 1 is 1.53 bits per heavy atom. The molecule has 0 aliphatic carbocycles. The lowest BCUT2D eigenvalue weighted by Crippen LogP contribution is -2.27. The minimum Gasteiger partial charge on any atom is -0.396 e. The topological polar surface area (TPSA) is 96.1 Å².